The van der Waals surface area contributed by atoms with E-state index in [2.05, 4.69) is 5.32 Å². The number of benzene rings is 1. The molecule has 0 saturated carbocycles. The van der Waals surface area contributed by atoms with Crippen molar-refractivity contribution in [3.8, 4) is 0 Å². The molecule has 150 valence electrons. The van der Waals surface area contributed by atoms with Gasteiger partial charge in [-0.05, 0) is 32.9 Å². The van der Waals surface area contributed by atoms with E-state index in [9.17, 15) is 19.2 Å². The Hall–Kier alpha value is -2.94. The van der Waals surface area contributed by atoms with Crippen molar-refractivity contribution in [2.24, 2.45) is 0 Å². The predicted octanol–water partition coefficient (Wildman–Crippen LogP) is 1.56. The molecule has 2 amide bonds. The molecule has 1 atom stereocenters. The summed E-state index contributed by atoms with van der Waals surface area (Å²) in [4.78, 5) is 49.0. The Labute approximate surface area is 166 Å². The van der Waals surface area contributed by atoms with Gasteiger partial charge in [-0.15, -0.1) is 0 Å². The largest absolute Gasteiger partial charge is 0.451 e. The van der Waals surface area contributed by atoms with Crippen molar-refractivity contribution in [3.05, 3.63) is 50.6 Å². The Bertz CT molecular complexity index is 916. The highest BCUT2D eigenvalue weighted by atomic mass is 32.1. The second kappa shape index (κ2) is 9.32. The molecule has 9 heteroatoms. The first-order valence-corrected chi connectivity index (χ1v) is 9.51. The van der Waals surface area contributed by atoms with Crippen molar-refractivity contribution in [1.29, 1.82) is 0 Å². The minimum Gasteiger partial charge on any atom is -0.451 e. The topological polar surface area (TPSA) is 97.7 Å². The standard InChI is InChI=1S/C19H23N3O5S/c1-12-5-7-15(8-6-12)20-16(23)9-21(4)18(25)14(3)27-17(24)10-22-13(2)11-28-19(22)26/h5-8,11,14H,9-10H2,1-4H3,(H,20,23)/t14-/m1/s1. The lowest BCUT2D eigenvalue weighted by atomic mass is 10.2. The third-order valence-electron chi connectivity index (χ3n) is 4.01. The molecule has 8 nitrogen and oxygen atoms in total. The van der Waals surface area contributed by atoms with Gasteiger partial charge in [-0.3, -0.25) is 23.7 Å². The number of anilines is 1. The van der Waals surface area contributed by atoms with Crippen molar-refractivity contribution in [2.75, 3.05) is 18.9 Å². The fraction of sp³-hybridized carbons (Fsp3) is 0.368. The van der Waals surface area contributed by atoms with Crippen LogP contribution in [-0.4, -0.2) is 46.9 Å². The quantitative estimate of drug-likeness (QED) is 0.705. The number of amides is 2. The molecule has 1 aromatic heterocycles. The minimum absolute atomic E-state index is 0.183. The smallest absolute Gasteiger partial charge is 0.326 e. The molecule has 0 aliphatic rings. The molecule has 2 rings (SSSR count). The summed E-state index contributed by atoms with van der Waals surface area (Å²) in [7, 11) is 1.45. The minimum atomic E-state index is -1.07. The molecule has 0 saturated heterocycles. The molecule has 0 fully saturated rings. The first-order valence-electron chi connectivity index (χ1n) is 8.63. The number of rotatable bonds is 7. The highest BCUT2D eigenvalue weighted by Crippen LogP contribution is 2.09. The number of ether oxygens (including phenoxy) is 1. The number of carbonyl (C=O) groups is 3. The Morgan fingerprint density at radius 2 is 1.86 bits per heavy atom. The van der Waals surface area contributed by atoms with Crippen molar-refractivity contribution < 1.29 is 19.1 Å². The van der Waals surface area contributed by atoms with Crippen LogP contribution in [0.3, 0.4) is 0 Å². The van der Waals surface area contributed by atoms with Crippen LogP contribution in [0.5, 0.6) is 0 Å². The zero-order valence-corrected chi connectivity index (χ0v) is 17.0. The highest BCUT2D eigenvalue weighted by molar-refractivity contribution is 7.07. The third-order valence-corrected chi connectivity index (χ3v) is 4.89. The van der Waals surface area contributed by atoms with Crippen LogP contribution in [0.15, 0.2) is 34.4 Å². The van der Waals surface area contributed by atoms with Gasteiger partial charge in [-0.2, -0.15) is 0 Å². The summed E-state index contributed by atoms with van der Waals surface area (Å²) in [5, 5.41) is 4.34. The Balaban J connectivity index is 1.85. The molecule has 2 aromatic rings. The molecule has 1 N–H and O–H groups in total. The number of thiazole rings is 1. The van der Waals surface area contributed by atoms with Gasteiger partial charge in [0.25, 0.3) is 5.91 Å². The van der Waals surface area contributed by atoms with Gasteiger partial charge in [0.2, 0.25) is 5.91 Å². The van der Waals surface area contributed by atoms with Crippen molar-refractivity contribution >= 4 is 34.8 Å². The van der Waals surface area contributed by atoms with E-state index in [1.54, 1.807) is 24.4 Å². The van der Waals surface area contributed by atoms with Gasteiger partial charge >= 0.3 is 10.8 Å². The zero-order valence-electron chi connectivity index (χ0n) is 16.2. The van der Waals surface area contributed by atoms with E-state index in [-0.39, 0.29) is 23.9 Å². The monoisotopic (exact) mass is 405 g/mol. The summed E-state index contributed by atoms with van der Waals surface area (Å²) in [6, 6.07) is 7.28. The van der Waals surface area contributed by atoms with Crippen LogP contribution in [0, 0.1) is 13.8 Å². The first kappa shape index (κ1) is 21.4. The summed E-state index contributed by atoms with van der Waals surface area (Å²) in [5.74, 6) is -1.57. The number of likely N-dealkylation sites (N-methyl/N-ethyl adjacent to an activating group) is 1. The Morgan fingerprint density at radius 3 is 2.43 bits per heavy atom. The number of nitrogens with one attached hydrogen (secondary N) is 1. The second-order valence-electron chi connectivity index (χ2n) is 6.47. The molecule has 0 radical (unpaired) electrons. The van der Waals surface area contributed by atoms with E-state index in [1.807, 2.05) is 19.1 Å². The van der Waals surface area contributed by atoms with E-state index in [0.717, 1.165) is 16.9 Å². The molecular weight excluding hydrogens is 382 g/mol. The van der Waals surface area contributed by atoms with Crippen molar-refractivity contribution in [1.82, 2.24) is 9.47 Å². The second-order valence-corrected chi connectivity index (χ2v) is 7.29. The van der Waals surface area contributed by atoms with Crippen LogP contribution in [0.2, 0.25) is 0 Å². The van der Waals surface area contributed by atoms with E-state index in [0.29, 0.717) is 11.4 Å². The maximum absolute atomic E-state index is 12.3. The molecule has 0 spiro atoms. The maximum atomic E-state index is 12.3. The SMILES string of the molecule is Cc1ccc(NC(=O)CN(C)C(=O)[C@@H](C)OC(=O)Cn2c(C)csc2=O)cc1. The van der Waals surface area contributed by atoms with Gasteiger partial charge in [0.15, 0.2) is 6.10 Å². The van der Waals surface area contributed by atoms with E-state index in [4.69, 9.17) is 4.74 Å². The summed E-state index contributed by atoms with van der Waals surface area (Å²) in [5.41, 5.74) is 2.35. The average Bonchev–Trinajstić information content (AvgIpc) is 2.94. The molecule has 1 aromatic carbocycles. The molecule has 1 heterocycles. The first-order chi connectivity index (χ1) is 13.2. The van der Waals surface area contributed by atoms with Crippen molar-refractivity contribution in [2.45, 2.75) is 33.4 Å². The summed E-state index contributed by atoms with van der Waals surface area (Å²) in [6.07, 6.45) is -1.07. The lowest BCUT2D eigenvalue weighted by molar-refractivity contribution is -0.159. The average molecular weight is 405 g/mol. The van der Waals surface area contributed by atoms with Crippen LogP contribution >= 0.6 is 11.3 Å². The summed E-state index contributed by atoms with van der Waals surface area (Å²) >= 11 is 0.991. The molecule has 0 unspecified atom stereocenters. The fourth-order valence-corrected chi connectivity index (χ4v) is 3.19. The van der Waals surface area contributed by atoms with Crippen LogP contribution in [-0.2, 0) is 25.7 Å². The van der Waals surface area contributed by atoms with Gasteiger partial charge in [-0.1, -0.05) is 29.0 Å². The number of hydrogen-bond donors (Lipinski definition) is 1. The highest BCUT2D eigenvalue weighted by Gasteiger charge is 2.23. The van der Waals surface area contributed by atoms with Crippen LogP contribution in [0.4, 0.5) is 5.69 Å². The fourth-order valence-electron chi connectivity index (χ4n) is 2.45. The molecule has 0 aliphatic carbocycles. The number of aryl methyl sites for hydroxylation is 2. The van der Waals surface area contributed by atoms with Gasteiger partial charge in [0, 0.05) is 23.8 Å². The maximum Gasteiger partial charge on any atom is 0.326 e. The lowest BCUT2D eigenvalue weighted by Crippen LogP contribution is -2.42. The third kappa shape index (κ3) is 5.78. The van der Waals surface area contributed by atoms with Crippen LogP contribution in [0.25, 0.3) is 0 Å². The van der Waals surface area contributed by atoms with E-state index < -0.39 is 18.0 Å². The van der Waals surface area contributed by atoms with Gasteiger partial charge in [0.05, 0.1) is 6.54 Å². The lowest BCUT2D eigenvalue weighted by Gasteiger charge is -2.21. The molecule has 0 aliphatic heterocycles. The number of hydrogen-bond acceptors (Lipinski definition) is 6. The Kier molecular flexibility index (Phi) is 7.11. The molecular formula is C19H23N3O5S. The number of nitrogens with zero attached hydrogens (tertiary/aromatic N) is 2. The zero-order chi connectivity index (χ0) is 20.8. The van der Waals surface area contributed by atoms with Gasteiger partial charge in [-0.25, -0.2) is 0 Å². The summed E-state index contributed by atoms with van der Waals surface area (Å²) in [6.45, 7) is 4.63. The van der Waals surface area contributed by atoms with Gasteiger partial charge in [0.1, 0.15) is 6.54 Å². The van der Waals surface area contributed by atoms with E-state index in [1.165, 1.54) is 23.4 Å². The Morgan fingerprint density at radius 1 is 1.21 bits per heavy atom. The molecule has 28 heavy (non-hydrogen) atoms. The van der Waals surface area contributed by atoms with E-state index >= 15 is 0 Å². The normalized spacial score (nSPS) is 11.6. The van der Waals surface area contributed by atoms with Crippen LogP contribution < -0.4 is 10.2 Å². The molecule has 0 bridgehead atoms. The van der Waals surface area contributed by atoms with Crippen molar-refractivity contribution in [3.63, 3.8) is 0 Å². The van der Waals surface area contributed by atoms with Crippen LogP contribution in [0.1, 0.15) is 18.2 Å². The predicted molar refractivity (Wildman–Crippen MR) is 106 cm³/mol. The number of carbonyl (C=O) groups excluding carboxylic acids is 3. The summed E-state index contributed by atoms with van der Waals surface area (Å²) < 4.78 is 6.39. The van der Waals surface area contributed by atoms with Gasteiger partial charge < -0.3 is 15.0 Å². The number of esters is 1. The number of aromatic nitrogens is 1.